The van der Waals surface area contributed by atoms with Crippen molar-refractivity contribution in [2.24, 2.45) is 5.92 Å². The van der Waals surface area contributed by atoms with Gasteiger partial charge in [-0.2, -0.15) is 0 Å². The Labute approximate surface area is 115 Å². The van der Waals surface area contributed by atoms with Gasteiger partial charge in [0, 0.05) is 22.3 Å². The van der Waals surface area contributed by atoms with Gasteiger partial charge in [0.05, 0.1) is 10.8 Å². The molecule has 104 valence electrons. The molecule has 2 heterocycles. The van der Waals surface area contributed by atoms with Gasteiger partial charge in [0.15, 0.2) is 11.5 Å². The summed E-state index contributed by atoms with van der Waals surface area (Å²) in [7, 11) is 0.961. The van der Waals surface area contributed by atoms with Crippen LogP contribution in [0.5, 0.6) is 11.5 Å². The number of fused-ring (bicyclic) bond motifs is 2. The number of hydrogen-bond acceptors (Lipinski definition) is 4. The van der Waals surface area contributed by atoms with Crippen molar-refractivity contribution in [1.82, 2.24) is 5.32 Å². The summed E-state index contributed by atoms with van der Waals surface area (Å²) in [5, 5.41) is 3.47. The fourth-order valence-electron chi connectivity index (χ4n) is 2.87. The number of ether oxygens (including phenoxy) is 2. The Morgan fingerprint density at radius 1 is 1.21 bits per heavy atom. The third kappa shape index (κ3) is 1.96. The van der Waals surface area contributed by atoms with Gasteiger partial charge < -0.3 is 14.8 Å². The number of nitrogens with one attached hydrogen (secondary N) is 1. The van der Waals surface area contributed by atoms with Crippen LogP contribution in [0.3, 0.4) is 0 Å². The molecule has 1 aromatic rings. The van der Waals surface area contributed by atoms with Crippen LogP contribution in [0.4, 0.5) is 0 Å². The van der Waals surface area contributed by atoms with E-state index >= 15 is 0 Å². The first kappa shape index (κ1) is 12.9. The molecule has 19 heavy (non-hydrogen) atoms. The number of benzene rings is 1. The maximum absolute atomic E-state index is 12.6. The molecule has 1 aromatic carbocycles. The van der Waals surface area contributed by atoms with Crippen LogP contribution in [0.2, 0.25) is 0 Å². The molecule has 0 amide bonds. The Balaban J connectivity index is 2.15. The summed E-state index contributed by atoms with van der Waals surface area (Å²) < 4.78 is 23.8. The lowest BCUT2D eigenvalue weighted by molar-refractivity contribution is 0.170. The monoisotopic (exact) mass is 281 g/mol. The van der Waals surface area contributed by atoms with E-state index in [0.29, 0.717) is 19.1 Å². The second kappa shape index (κ2) is 4.80. The zero-order valence-corrected chi connectivity index (χ0v) is 12.3. The van der Waals surface area contributed by atoms with Gasteiger partial charge in [-0.15, -0.1) is 0 Å². The third-order valence-corrected chi connectivity index (χ3v) is 6.03. The van der Waals surface area contributed by atoms with Gasteiger partial charge in [-0.3, -0.25) is 4.21 Å². The minimum atomic E-state index is -0.986. The van der Waals surface area contributed by atoms with Gasteiger partial charge in [0.25, 0.3) is 0 Å². The molecule has 1 N–H and O–H groups in total. The maximum Gasteiger partial charge on any atom is 0.162 e. The van der Waals surface area contributed by atoms with Gasteiger partial charge in [0.2, 0.25) is 0 Å². The molecule has 4 unspecified atom stereocenters. The molecule has 0 radical (unpaired) electrons. The molecule has 3 rings (SSSR count). The quantitative estimate of drug-likeness (QED) is 0.853. The first-order valence-corrected chi connectivity index (χ1v) is 7.86. The Morgan fingerprint density at radius 3 is 2.47 bits per heavy atom. The van der Waals surface area contributed by atoms with Crippen LogP contribution < -0.4 is 14.8 Å². The minimum Gasteiger partial charge on any atom is -0.486 e. The lowest BCUT2D eigenvalue weighted by atomic mass is 9.91. The van der Waals surface area contributed by atoms with Crippen molar-refractivity contribution >= 4 is 10.8 Å². The minimum absolute atomic E-state index is 0.132. The summed E-state index contributed by atoms with van der Waals surface area (Å²) in [4.78, 5) is 0.884. The lowest BCUT2D eigenvalue weighted by Gasteiger charge is -2.36. The van der Waals surface area contributed by atoms with Crippen LogP contribution >= 0.6 is 0 Å². The van der Waals surface area contributed by atoms with Crippen molar-refractivity contribution in [2.45, 2.75) is 30.0 Å². The van der Waals surface area contributed by atoms with Gasteiger partial charge in [-0.1, -0.05) is 13.8 Å². The molecule has 2 aliphatic rings. The predicted molar refractivity (Wildman–Crippen MR) is 74.3 cm³/mol. The van der Waals surface area contributed by atoms with E-state index in [0.717, 1.165) is 22.0 Å². The Kier molecular flexibility index (Phi) is 3.27. The van der Waals surface area contributed by atoms with E-state index in [2.05, 4.69) is 12.2 Å². The van der Waals surface area contributed by atoms with E-state index in [1.54, 1.807) is 0 Å². The SMILES string of the molecule is CNC1c2cc3c(cc2S(=O)C(C)C1C)OCCO3. The van der Waals surface area contributed by atoms with E-state index in [-0.39, 0.29) is 11.3 Å². The van der Waals surface area contributed by atoms with Gasteiger partial charge in [0.1, 0.15) is 13.2 Å². The summed E-state index contributed by atoms with van der Waals surface area (Å²) in [5.41, 5.74) is 1.08. The molecule has 0 saturated heterocycles. The largest absolute Gasteiger partial charge is 0.486 e. The first-order valence-electron chi connectivity index (χ1n) is 6.65. The maximum atomic E-state index is 12.6. The van der Waals surface area contributed by atoms with Crippen molar-refractivity contribution in [3.05, 3.63) is 17.7 Å². The highest BCUT2D eigenvalue weighted by atomic mass is 32.2. The van der Waals surface area contributed by atoms with E-state index in [1.807, 2.05) is 26.1 Å². The standard InChI is InChI=1S/C14H19NO3S/c1-8-9(2)19(16)13-7-12-11(17-4-5-18-12)6-10(13)14(8)15-3/h6-9,14-15H,4-5H2,1-3H3. The molecule has 0 saturated carbocycles. The van der Waals surface area contributed by atoms with Crippen LogP contribution in [0.25, 0.3) is 0 Å². The third-order valence-electron chi connectivity index (χ3n) is 4.14. The van der Waals surface area contributed by atoms with Gasteiger partial charge in [-0.25, -0.2) is 0 Å². The van der Waals surface area contributed by atoms with Crippen molar-refractivity contribution in [3.8, 4) is 11.5 Å². The van der Waals surface area contributed by atoms with E-state index in [4.69, 9.17) is 9.47 Å². The first-order chi connectivity index (χ1) is 9.13. The fraction of sp³-hybridized carbons (Fsp3) is 0.571. The zero-order valence-electron chi connectivity index (χ0n) is 11.4. The normalized spacial score (nSPS) is 32.8. The zero-order chi connectivity index (χ0) is 13.6. The van der Waals surface area contributed by atoms with Crippen LogP contribution in [0.15, 0.2) is 17.0 Å². The predicted octanol–water partition coefficient (Wildman–Crippen LogP) is 1.86. The molecular formula is C14H19NO3S. The summed E-state index contributed by atoms with van der Waals surface area (Å²) in [6, 6.07) is 4.09. The topological polar surface area (TPSA) is 47.6 Å². The van der Waals surface area contributed by atoms with Gasteiger partial charge >= 0.3 is 0 Å². The fourth-order valence-corrected chi connectivity index (χ4v) is 4.46. The van der Waals surface area contributed by atoms with Crippen LogP contribution in [0.1, 0.15) is 25.5 Å². The number of hydrogen-bond donors (Lipinski definition) is 1. The molecule has 4 nitrogen and oxygen atoms in total. The average molecular weight is 281 g/mol. The van der Waals surface area contributed by atoms with E-state index in [9.17, 15) is 4.21 Å². The van der Waals surface area contributed by atoms with Crippen LogP contribution in [-0.4, -0.2) is 29.7 Å². The summed E-state index contributed by atoms with van der Waals surface area (Å²) in [6.07, 6.45) is 0. The Morgan fingerprint density at radius 2 is 1.84 bits per heavy atom. The van der Waals surface area contributed by atoms with E-state index < -0.39 is 10.8 Å². The van der Waals surface area contributed by atoms with Crippen LogP contribution in [-0.2, 0) is 10.8 Å². The second-order valence-electron chi connectivity index (χ2n) is 5.16. The molecule has 0 bridgehead atoms. The highest BCUT2D eigenvalue weighted by molar-refractivity contribution is 7.85. The number of rotatable bonds is 1. The second-order valence-corrected chi connectivity index (χ2v) is 6.94. The average Bonchev–Trinajstić information content (AvgIpc) is 2.44. The highest BCUT2D eigenvalue weighted by Gasteiger charge is 2.37. The Bertz CT molecular complexity index is 532. The Hall–Kier alpha value is -1.07. The molecular weight excluding hydrogens is 262 g/mol. The lowest BCUT2D eigenvalue weighted by Crippen LogP contribution is -2.38. The molecule has 2 aliphatic heterocycles. The summed E-state index contributed by atoms with van der Waals surface area (Å²) in [6.45, 7) is 5.32. The van der Waals surface area contributed by atoms with Crippen molar-refractivity contribution in [2.75, 3.05) is 20.3 Å². The molecule has 0 aromatic heterocycles. The van der Waals surface area contributed by atoms with Gasteiger partial charge in [-0.05, 0) is 24.6 Å². The summed E-state index contributed by atoms with van der Waals surface area (Å²) in [5.74, 6) is 1.81. The highest BCUT2D eigenvalue weighted by Crippen LogP contribution is 2.43. The molecule has 4 atom stereocenters. The molecule has 0 fully saturated rings. The van der Waals surface area contributed by atoms with Crippen molar-refractivity contribution < 1.29 is 13.7 Å². The van der Waals surface area contributed by atoms with E-state index in [1.165, 1.54) is 0 Å². The molecule has 5 heteroatoms. The molecule has 0 aliphatic carbocycles. The summed E-state index contributed by atoms with van der Waals surface area (Å²) >= 11 is 0. The smallest absolute Gasteiger partial charge is 0.162 e. The van der Waals surface area contributed by atoms with Crippen LogP contribution in [0, 0.1) is 5.92 Å². The van der Waals surface area contributed by atoms with Crippen molar-refractivity contribution in [1.29, 1.82) is 0 Å². The van der Waals surface area contributed by atoms with Crippen molar-refractivity contribution in [3.63, 3.8) is 0 Å². The molecule has 0 spiro atoms.